The lowest BCUT2D eigenvalue weighted by Crippen LogP contribution is -2.31. The second-order valence-electron chi connectivity index (χ2n) is 6.47. The van der Waals surface area contributed by atoms with Crippen molar-refractivity contribution in [3.05, 3.63) is 27.7 Å². The van der Waals surface area contributed by atoms with Gasteiger partial charge in [-0.1, -0.05) is 0 Å². The number of carbonyl (C=O) groups excluding carboxylic acids is 2. The summed E-state index contributed by atoms with van der Waals surface area (Å²) in [7, 11) is 1.80. The van der Waals surface area contributed by atoms with Crippen molar-refractivity contribution in [2.75, 3.05) is 20.1 Å². The third-order valence-corrected chi connectivity index (χ3v) is 5.98. The summed E-state index contributed by atoms with van der Waals surface area (Å²) >= 11 is 1.50. The number of amides is 2. The highest BCUT2D eigenvalue weighted by atomic mass is 32.1. The van der Waals surface area contributed by atoms with E-state index in [2.05, 4.69) is 15.5 Å². The smallest absolute Gasteiger partial charge is 0.263 e. The highest BCUT2D eigenvalue weighted by Gasteiger charge is 2.31. The van der Waals surface area contributed by atoms with Crippen LogP contribution in [0.3, 0.4) is 0 Å². The van der Waals surface area contributed by atoms with E-state index in [1.807, 2.05) is 30.9 Å². The first-order valence-corrected chi connectivity index (χ1v) is 9.70. The average Bonchev–Trinajstić information content (AvgIpc) is 3.38. The van der Waals surface area contributed by atoms with Crippen molar-refractivity contribution in [2.24, 2.45) is 0 Å². The predicted octanol–water partition coefficient (Wildman–Crippen LogP) is 1.89. The second-order valence-corrected chi connectivity index (χ2v) is 7.58. The summed E-state index contributed by atoms with van der Waals surface area (Å²) in [5.41, 5.74) is 0. The third-order valence-electron chi connectivity index (χ3n) is 4.81. The maximum absolute atomic E-state index is 12.7. The number of tetrazole rings is 1. The highest BCUT2D eigenvalue weighted by Crippen LogP contribution is 2.36. The Morgan fingerprint density at radius 3 is 2.88 bits per heavy atom. The third kappa shape index (κ3) is 3.77. The van der Waals surface area contributed by atoms with Crippen LogP contribution >= 0.6 is 11.3 Å². The second kappa shape index (κ2) is 7.94. The lowest BCUT2D eigenvalue weighted by molar-refractivity contribution is -0.132. The molecule has 1 atom stereocenters. The Bertz CT molecular complexity index is 786. The normalized spacial score (nSPS) is 16.9. The van der Waals surface area contributed by atoms with Gasteiger partial charge in [0.05, 0.1) is 17.5 Å². The van der Waals surface area contributed by atoms with Crippen molar-refractivity contribution < 1.29 is 9.59 Å². The Morgan fingerprint density at radius 1 is 1.38 bits per heavy atom. The minimum absolute atomic E-state index is 0.0359. The van der Waals surface area contributed by atoms with Gasteiger partial charge in [0.15, 0.2) is 0 Å². The summed E-state index contributed by atoms with van der Waals surface area (Å²) in [5.74, 6) is 0.848. The van der Waals surface area contributed by atoms with Crippen LogP contribution in [-0.4, -0.2) is 62.0 Å². The molecule has 0 unspecified atom stereocenters. The summed E-state index contributed by atoms with van der Waals surface area (Å²) < 4.78 is 1.64. The largest absolute Gasteiger partial charge is 0.341 e. The molecular weight excluding hydrogens is 352 g/mol. The zero-order valence-corrected chi connectivity index (χ0v) is 16.2. The molecule has 26 heavy (non-hydrogen) atoms. The lowest BCUT2D eigenvalue weighted by Gasteiger charge is -2.24. The maximum Gasteiger partial charge on any atom is 0.263 e. The molecule has 2 aromatic rings. The molecule has 0 aliphatic carbocycles. The fourth-order valence-corrected chi connectivity index (χ4v) is 4.29. The van der Waals surface area contributed by atoms with Gasteiger partial charge in [0.25, 0.3) is 5.91 Å². The predicted molar refractivity (Wildman–Crippen MR) is 97.8 cm³/mol. The molecule has 2 amide bonds. The first-order valence-electron chi connectivity index (χ1n) is 8.88. The minimum atomic E-state index is 0.0359. The molecule has 0 bridgehead atoms. The first-order chi connectivity index (χ1) is 12.5. The van der Waals surface area contributed by atoms with Crippen molar-refractivity contribution in [2.45, 2.75) is 45.7 Å². The molecule has 2 aromatic heterocycles. The molecule has 0 saturated carbocycles. The molecule has 1 aliphatic rings. The number of likely N-dealkylation sites (tertiary alicyclic amines) is 1. The van der Waals surface area contributed by atoms with Crippen molar-refractivity contribution in [3.63, 3.8) is 0 Å². The van der Waals surface area contributed by atoms with Crippen molar-refractivity contribution in [1.29, 1.82) is 0 Å². The number of hydrogen-bond acceptors (Lipinski definition) is 6. The molecule has 8 nitrogen and oxygen atoms in total. The van der Waals surface area contributed by atoms with Crippen LogP contribution in [0.1, 0.15) is 52.6 Å². The van der Waals surface area contributed by atoms with E-state index in [9.17, 15) is 9.59 Å². The monoisotopic (exact) mass is 376 g/mol. The quantitative estimate of drug-likeness (QED) is 0.769. The standard InChI is InChI=1S/C17H24N6O2S/c1-4-21(3)17(25)15-8-7-14(26-15)13-6-5-10-22(13)16(24)9-11-23-12(2)18-19-20-23/h7-8,13H,4-6,9-11H2,1-3H3/t13-/m0/s1. The molecule has 1 aliphatic heterocycles. The van der Waals surface area contributed by atoms with Crippen LogP contribution in [0.4, 0.5) is 0 Å². The molecule has 0 radical (unpaired) electrons. The van der Waals surface area contributed by atoms with Crippen molar-refractivity contribution >= 4 is 23.2 Å². The van der Waals surface area contributed by atoms with E-state index < -0.39 is 0 Å². The van der Waals surface area contributed by atoms with Gasteiger partial charge in [0, 0.05) is 31.4 Å². The van der Waals surface area contributed by atoms with E-state index in [-0.39, 0.29) is 17.9 Å². The van der Waals surface area contributed by atoms with Gasteiger partial charge in [0.1, 0.15) is 5.82 Å². The summed E-state index contributed by atoms with van der Waals surface area (Å²) in [6, 6.07) is 3.93. The Labute approximate surface area is 156 Å². The molecule has 0 spiro atoms. The summed E-state index contributed by atoms with van der Waals surface area (Å²) in [5, 5.41) is 11.3. The Morgan fingerprint density at radius 2 is 2.19 bits per heavy atom. The van der Waals surface area contributed by atoms with E-state index in [1.165, 1.54) is 11.3 Å². The molecule has 1 saturated heterocycles. The number of hydrogen-bond donors (Lipinski definition) is 0. The van der Waals surface area contributed by atoms with Crippen molar-refractivity contribution in [3.8, 4) is 0 Å². The summed E-state index contributed by atoms with van der Waals surface area (Å²) in [6.45, 7) is 5.69. The molecule has 9 heteroatoms. The van der Waals surface area contributed by atoms with Gasteiger partial charge in [-0.3, -0.25) is 9.59 Å². The number of aryl methyl sites for hydroxylation is 2. The van der Waals surface area contributed by atoms with Crippen LogP contribution in [-0.2, 0) is 11.3 Å². The van der Waals surface area contributed by atoms with E-state index in [0.717, 1.165) is 29.1 Å². The highest BCUT2D eigenvalue weighted by molar-refractivity contribution is 7.14. The van der Waals surface area contributed by atoms with Crippen molar-refractivity contribution in [1.82, 2.24) is 30.0 Å². The van der Waals surface area contributed by atoms with Crippen LogP contribution < -0.4 is 0 Å². The van der Waals surface area contributed by atoms with E-state index in [4.69, 9.17) is 0 Å². The van der Waals surface area contributed by atoms with Crippen LogP contribution in [0.2, 0.25) is 0 Å². The Balaban J connectivity index is 1.66. The molecule has 3 heterocycles. The van der Waals surface area contributed by atoms with Gasteiger partial charge in [-0.2, -0.15) is 0 Å². The lowest BCUT2D eigenvalue weighted by atomic mass is 10.2. The zero-order valence-electron chi connectivity index (χ0n) is 15.4. The topological polar surface area (TPSA) is 84.2 Å². The minimum Gasteiger partial charge on any atom is -0.341 e. The van der Waals surface area contributed by atoms with Gasteiger partial charge < -0.3 is 9.80 Å². The molecule has 0 N–H and O–H groups in total. The molecule has 1 fully saturated rings. The number of thiophene rings is 1. The first kappa shape index (κ1) is 18.5. The molecule has 0 aromatic carbocycles. The van der Waals surface area contributed by atoms with Crippen LogP contribution in [0.5, 0.6) is 0 Å². The van der Waals surface area contributed by atoms with Gasteiger partial charge in [-0.25, -0.2) is 4.68 Å². The fourth-order valence-electron chi connectivity index (χ4n) is 3.14. The Kier molecular flexibility index (Phi) is 5.65. The molecular formula is C17H24N6O2S. The number of nitrogens with zero attached hydrogens (tertiary/aromatic N) is 6. The number of rotatable bonds is 6. The van der Waals surface area contributed by atoms with E-state index in [0.29, 0.717) is 25.3 Å². The van der Waals surface area contributed by atoms with E-state index in [1.54, 1.807) is 16.6 Å². The van der Waals surface area contributed by atoms with Gasteiger partial charge in [-0.15, -0.1) is 16.4 Å². The van der Waals surface area contributed by atoms with Gasteiger partial charge >= 0.3 is 0 Å². The van der Waals surface area contributed by atoms with E-state index >= 15 is 0 Å². The Hall–Kier alpha value is -2.29. The SMILES string of the molecule is CCN(C)C(=O)c1ccc([C@@H]2CCCN2C(=O)CCn2nnnc2C)s1. The van der Waals surface area contributed by atoms with Crippen LogP contribution in [0.25, 0.3) is 0 Å². The van der Waals surface area contributed by atoms with Gasteiger partial charge in [0.2, 0.25) is 5.91 Å². The summed E-state index contributed by atoms with van der Waals surface area (Å²) in [6.07, 6.45) is 2.29. The fraction of sp³-hybridized carbons (Fsp3) is 0.588. The van der Waals surface area contributed by atoms with Gasteiger partial charge in [-0.05, 0) is 49.2 Å². The molecule has 140 valence electrons. The zero-order chi connectivity index (χ0) is 18.7. The average molecular weight is 376 g/mol. The van der Waals surface area contributed by atoms with Crippen LogP contribution in [0.15, 0.2) is 12.1 Å². The maximum atomic E-state index is 12.7. The summed E-state index contributed by atoms with van der Waals surface area (Å²) in [4.78, 5) is 30.5. The van der Waals surface area contributed by atoms with Crippen LogP contribution in [0, 0.1) is 6.92 Å². The molecule has 3 rings (SSSR count). The number of aromatic nitrogens is 4. The number of carbonyl (C=O) groups is 2.